The molecule has 10 heteroatoms. The topological polar surface area (TPSA) is 120 Å². The van der Waals surface area contributed by atoms with Crippen molar-refractivity contribution in [2.45, 2.75) is 19.3 Å². The number of carbonyl (C=O) groups excluding carboxylic acids is 3. The molecule has 0 saturated carbocycles. The summed E-state index contributed by atoms with van der Waals surface area (Å²) < 4.78 is 0. The van der Waals surface area contributed by atoms with E-state index in [0.717, 1.165) is 4.88 Å². The Morgan fingerprint density at radius 3 is 2.58 bits per heavy atom. The average molecular weight is 459 g/mol. The van der Waals surface area contributed by atoms with E-state index >= 15 is 0 Å². The Balaban J connectivity index is 1.32. The molecule has 0 radical (unpaired) electrons. The van der Waals surface area contributed by atoms with Gasteiger partial charge in [0.2, 0.25) is 11.8 Å². The number of amides is 3. The summed E-state index contributed by atoms with van der Waals surface area (Å²) >= 11 is 2.80. The van der Waals surface area contributed by atoms with Crippen LogP contribution in [0.3, 0.4) is 0 Å². The molecule has 0 unspecified atom stereocenters. The zero-order valence-corrected chi connectivity index (χ0v) is 18.2. The maximum atomic E-state index is 12.1. The van der Waals surface area contributed by atoms with Gasteiger partial charge in [0.15, 0.2) is 5.13 Å². The molecule has 0 aliphatic rings. The largest absolute Gasteiger partial charge is 0.508 e. The lowest BCUT2D eigenvalue weighted by molar-refractivity contribution is -0.120. The van der Waals surface area contributed by atoms with Gasteiger partial charge in [-0.05, 0) is 36.1 Å². The fourth-order valence-electron chi connectivity index (χ4n) is 2.67. The quantitative estimate of drug-likeness (QED) is 0.348. The van der Waals surface area contributed by atoms with Crippen LogP contribution >= 0.6 is 22.7 Å². The molecule has 3 amide bonds. The number of hydrogen-bond donors (Lipinski definition) is 4. The number of thiophene rings is 1. The predicted octanol–water partition coefficient (Wildman–Crippen LogP) is 2.57. The average Bonchev–Trinajstić information content (AvgIpc) is 3.39. The minimum atomic E-state index is -0.279. The van der Waals surface area contributed by atoms with Gasteiger partial charge in [0.1, 0.15) is 5.75 Å². The second kappa shape index (κ2) is 11.2. The first-order chi connectivity index (χ1) is 15.0. The number of hydrogen-bond acceptors (Lipinski definition) is 7. The standard InChI is InChI=1S/C21H22N4O4S2/c26-16-5-1-4-14(10-16)20(29)23-8-3-7-22-18(27)11-15-13-31-21(24-15)25-19(28)12-17-6-2-9-30-17/h1-2,4-6,9-10,13,26H,3,7-8,11-12H2,(H,22,27)(H,23,29)(H,24,25,28). The van der Waals surface area contributed by atoms with E-state index < -0.39 is 0 Å². The molecule has 0 spiro atoms. The summed E-state index contributed by atoms with van der Waals surface area (Å²) in [7, 11) is 0. The molecule has 8 nitrogen and oxygen atoms in total. The van der Waals surface area contributed by atoms with Crippen molar-refractivity contribution in [3.05, 3.63) is 63.3 Å². The van der Waals surface area contributed by atoms with Crippen molar-refractivity contribution in [1.29, 1.82) is 0 Å². The third-order valence-corrected chi connectivity index (χ3v) is 5.81. The molecule has 0 aliphatic heterocycles. The van der Waals surface area contributed by atoms with Crippen LogP contribution in [0.5, 0.6) is 5.75 Å². The van der Waals surface area contributed by atoms with Gasteiger partial charge >= 0.3 is 0 Å². The summed E-state index contributed by atoms with van der Waals surface area (Å²) in [6.07, 6.45) is 0.985. The van der Waals surface area contributed by atoms with Crippen molar-refractivity contribution < 1.29 is 19.5 Å². The molecule has 3 rings (SSSR count). The van der Waals surface area contributed by atoms with Gasteiger partial charge in [-0.25, -0.2) is 4.98 Å². The highest BCUT2D eigenvalue weighted by atomic mass is 32.1. The number of thiazole rings is 1. The fourth-order valence-corrected chi connectivity index (χ4v) is 4.10. The molecule has 3 aromatic rings. The van der Waals surface area contributed by atoms with Gasteiger partial charge in [-0.2, -0.15) is 0 Å². The minimum absolute atomic E-state index is 0.0344. The van der Waals surface area contributed by atoms with Crippen LogP contribution in [0, 0.1) is 0 Å². The minimum Gasteiger partial charge on any atom is -0.508 e. The van der Waals surface area contributed by atoms with Crippen molar-refractivity contribution in [3.8, 4) is 5.75 Å². The van der Waals surface area contributed by atoms with Crippen molar-refractivity contribution in [2.24, 2.45) is 0 Å². The Kier molecular flexibility index (Phi) is 8.13. The molecule has 162 valence electrons. The van der Waals surface area contributed by atoms with E-state index in [-0.39, 0.29) is 29.9 Å². The van der Waals surface area contributed by atoms with Gasteiger partial charge in [-0.15, -0.1) is 22.7 Å². The lowest BCUT2D eigenvalue weighted by atomic mass is 10.2. The number of rotatable bonds is 10. The summed E-state index contributed by atoms with van der Waals surface area (Å²) in [5, 5.41) is 21.8. The number of aromatic nitrogens is 1. The first-order valence-corrected chi connectivity index (χ1v) is 11.4. The van der Waals surface area contributed by atoms with E-state index in [0.29, 0.717) is 42.3 Å². The number of nitrogens with one attached hydrogen (secondary N) is 3. The zero-order valence-electron chi connectivity index (χ0n) is 16.6. The van der Waals surface area contributed by atoms with Crippen LogP contribution in [0.1, 0.15) is 27.3 Å². The maximum Gasteiger partial charge on any atom is 0.251 e. The maximum absolute atomic E-state index is 12.1. The molecule has 1 aromatic carbocycles. The molecule has 2 aromatic heterocycles. The summed E-state index contributed by atoms with van der Waals surface area (Å²) in [6, 6.07) is 9.91. The van der Waals surface area contributed by atoms with E-state index in [4.69, 9.17) is 0 Å². The van der Waals surface area contributed by atoms with Crippen molar-refractivity contribution >= 4 is 45.5 Å². The van der Waals surface area contributed by atoms with Crippen LogP contribution < -0.4 is 16.0 Å². The van der Waals surface area contributed by atoms with Crippen LogP contribution in [0.25, 0.3) is 0 Å². The molecule has 4 N–H and O–H groups in total. The van der Waals surface area contributed by atoms with Gasteiger partial charge in [-0.1, -0.05) is 12.1 Å². The molecule has 2 heterocycles. The number of nitrogens with zero attached hydrogens (tertiary/aromatic N) is 1. The van der Waals surface area contributed by atoms with E-state index in [9.17, 15) is 19.5 Å². The van der Waals surface area contributed by atoms with Gasteiger partial charge < -0.3 is 21.1 Å². The van der Waals surface area contributed by atoms with Gasteiger partial charge in [0, 0.05) is 28.9 Å². The van der Waals surface area contributed by atoms with E-state index in [2.05, 4.69) is 20.9 Å². The highest BCUT2D eigenvalue weighted by Gasteiger charge is 2.11. The van der Waals surface area contributed by atoms with Crippen LogP contribution in [-0.2, 0) is 22.4 Å². The number of phenols is 1. The first-order valence-electron chi connectivity index (χ1n) is 9.60. The number of benzene rings is 1. The molecule has 0 aliphatic carbocycles. The Labute approximate surface area is 187 Å². The summed E-state index contributed by atoms with van der Waals surface area (Å²) in [5.41, 5.74) is 0.969. The number of carbonyl (C=O) groups is 3. The van der Waals surface area contributed by atoms with Crippen LogP contribution in [0.15, 0.2) is 47.2 Å². The normalized spacial score (nSPS) is 10.5. The summed E-state index contributed by atoms with van der Waals surface area (Å²) in [5.74, 6) is -0.563. The third-order valence-electron chi connectivity index (χ3n) is 4.12. The summed E-state index contributed by atoms with van der Waals surface area (Å²) in [4.78, 5) is 41.3. The van der Waals surface area contributed by atoms with Gasteiger partial charge in [0.05, 0.1) is 18.5 Å². The Hall–Kier alpha value is -3.24. The van der Waals surface area contributed by atoms with Crippen LogP contribution in [0.4, 0.5) is 5.13 Å². The number of aromatic hydroxyl groups is 1. The third kappa shape index (κ3) is 7.50. The lowest BCUT2D eigenvalue weighted by Gasteiger charge is -2.07. The van der Waals surface area contributed by atoms with Gasteiger partial charge in [0.25, 0.3) is 5.91 Å². The Morgan fingerprint density at radius 2 is 1.81 bits per heavy atom. The van der Waals surface area contributed by atoms with Gasteiger partial charge in [-0.3, -0.25) is 14.4 Å². The van der Waals surface area contributed by atoms with Crippen molar-refractivity contribution in [3.63, 3.8) is 0 Å². The molecular formula is C21H22N4O4S2. The van der Waals surface area contributed by atoms with Crippen LogP contribution in [-0.4, -0.2) is 40.9 Å². The molecular weight excluding hydrogens is 436 g/mol. The van der Waals surface area contributed by atoms with Crippen molar-refractivity contribution in [2.75, 3.05) is 18.4 Å². The first kappa shape index (κ1) is 22.4. The summed E-state index contributed by atoms with van der Waals surface area (Å²) in [6.45, 7) is 0.805. The highest BCUT2D eigenvalue weighted by molar-refractivity contribution is 7.14. The molecule has 0 fully saturated rings. The van der Waals surface area contributed by atoms with Crippen LogP contribution in [0.2, 0.25) is 0 Å². The Bertz CT molecular complexity index is 1030. The van der Waals surface area contributed by atoms with Crippen molar-refractivity contribution in [1.82, 2.24) is 15.6 Å². The monoisotopic (exact) mass is 458 g/mol. The number of anilines is 1. The predicted molar refractivity (Wildman–Crippen MR) is 121 cm³/mol. The second-order valence-electron chi connectivity index (χ2n) is 6.63. The highest BCUT2D eigenvalue weighted by Crippen LogP contribution is 2.17. The SMILES string of the molecule is O=C(Cc1csc(NC(=O)Cc2cccs2)n1)NCCCNC(=O)c1cccc(O)c1. The molecule has 31 heavy (non-hydrogen) atoms. The van der Waals surface area contributed by atoms with E-state index in [1.807, 2.05) is 17.5 Å². The van der Waals surface area contributed by atoms with E-state index in [1.165, 1.54) is 34.8 Å². The second-order valence-corrected chi connectivity index (χ2v) is 8.53. The van der Waals surface area contributed by atoms with E-state index in [1.54, 1.807) is 17.5 Å². The zero-order chi connectivity index (χ0) is 22.1. The Morgan fingerprint density at radius 1 is 0.968 bits per heavy atom. The lowest BCUT2D eigenvalue weighted by Crippen LogP contribution is -2.30. The number of phenolic OH excluding ortho intramolecular Hbond substituents is 1. The molecule has 0 saturated heterocycles. The molecule has 0 atom stereocenters. The molecule has 0 bridgehead atoms. The smallest absolute Gasteiger partial charge is 0.251 e. The fraction of sp³-hybridized carbons (Fsp3) is 0.238.